The number of carbonyl (C=O) groups excluding carboxylic acids is 1. The van der Waals surface area contributed by atoms with Crippen molar-refractivity contribution in [2.24, 2.45) is 0 Å². The van der Waals surface area contributed by atoms with Gasteiger partial charge in [-0.3, -0.25) is 0 Å². The molecule has 1 aromatic carbocycles. The molecular formula is C19H24N2O3. The number of amides is 2. The number of methoxy groups -OCH3 is 1. The minimum absolute atomic E-state index is 0.0107. The van der Waals surface area contributed by atoms with Gasteiger partial charge in [0.2, 0.25) is 0 Å². The summed E-state index contributed by atoms with van der Waals surface area (Å²) in [6.07, 6.45) is 3.71. The standard InChI is InChI=1S/C19H24N2O3/c1-13(18-8-5-11-24-18)21(17-9-10-17)19(22)20-16-7-4-6-15(12-16)14(2)23-3/h4-8,11-14,17H,9-10H2,1-3H3,(H,20,22)/t13-,14-/m0/s1. The molecule has 1 aliphatic carbocycles. The van der Waals surface area contributed by atoms with E-state index in [1.165, 1.54) is 0 Å². The van der Waals surface area contributed by atoms with E-state index in [2.05, 4.69) is 5.32 Å². The molecule has 0 aliphatic heterocycles. The van der Waals surface area contributed by atoms with Crippen LogP contribution in [0.25, 0.3) is 0 Å². The van der Waals surface area contributed by atoms with Crippen LogP contribution in [-0.4, -0.2) is 24.1 Å². The lowest BCUT2D eigenvalue weighted by molar-refractivity contribution is 0.119. The van der Waals surface area contributed by atoms with Gasteiger partial charge in [-0.1, -0.05) is 12.1 Å². The number of carbonyl (C=O) groups is 1. The second-order valence-electron chi connectivity index (χ2n) is 6.26. The van der Waals surface area contributed by atoms with Crippen molar-refractivity contribution in [2.75, 3.05) is 12.4 Å². The molecule has 0 radical (unpaired) electrons. The van der Waals surface area contributed by atoms with Crippen LogP contribution in [-0.2, 0) is 4.74 Å². The number of rotatable bonds is 6. The zero-order valence-electron chi connectivity index (χ0n) is 14.4. The summed E-state index contributed by atoms with van der Waals surface area (Å²) in [5, 5.41) is 3.02. The van der Waals surface area contributed by atoms with Crippen molar-refractivity contribution in [3.63, 3.8) is 0 Å². The highest BCUT2D eigenvalue weighted by atomic mass is 16.5. The first-order chi connectivity index (χ1) is 11.6. The van der Waals surface area contributed by atoms with Crippen molar-refractivity contribution < 1.29 is 13.9 Å². The van der Waals surface area contributed by atoms with Crippen molar-refractivity contribution >= 4 is 11.7 Å². The second kappa shape index (κ2) is 7.09. The number of ether oxygens (including phenoxy) is 1. The Morgan fingerprint density at radius 3 is 2.71 bits per heavy atom. The number of benzene rings is 1. The number of anilines is 1. The molecule has 2 amide bonds. The van der Waals surface area contributed by atoms with Crippen LogP contribution in [0.4, 0.5) is 10.5 Å². The summed E-state index contributed by atoms with van der Waals surface area (Å²) in [5.74, 6) is 0.804. The highest BCUT2D eigenvalue weighted by Crippen LogP contribution is 2.35. The minimum Gasteiger partial charge on any atom is -0.467 e. The molecule has 1 N–H and O–H groups in total. The first kappa shape index (κ1) is 16.6. The van der Waals surface area contributed by atoms with Crippen LogP contribution in [0.15, 0.2) is 47.1 Å². The topological polar surface area (TPSA) is 54.7 Å². The molecule has 2 atom stereocenters. The Morgan fingerprint density at radius 2 is 2.08 bits per heavy atom. The number of nitrogens with one attached hydrogen (secondary N) is 1. The Balaban J connectivity index is 1.75. The molecule has 0 unspecified atom stereocenters. The average molecular weight is 328 g/mol. The number of hydrogen-bond acceptors (Lipinski definition) is 3. The summed E-state index contributed by atoms with van der Waals surface area (Å²) in [7, 11) is 1.68. The van der Waals surface area contributed by atoms with Gasteiger partial charge in [0.25, 0.3) is 0 Å². The Bertz CT molecular complexity index is 680. The van der Waals surface area contributed by atoms with E-state index in [9.17, 15) is 4.79 Å². The van der Waals surface area contributed by atoms with Crippen LogP contribution in [0.3, 0.4) is 0 Å². The fourth-order valence-corrected chi connectivity index (χ4v) is 2.87. The van der Waals surface area contributed by atoms with E-state index in [4.69, 9.17) is 9.15 Å². The van der Waals surface area contributed by atoms with Crippen LogP contribution in [0.1, 0.15) is 50.2 Å². The lowest BCUT2D eigenvalue weighted by Crippen LogP contribution is -2.38. The fourth-order valence-electron chi connectivity index (χ4n) is 2.87. The Morgan fingerprint density at radius 1 is 1.29 bits per heavy atom. The van der Waals surface area contributed by atoms with Crippen molar-refractivity contribution in [1.82, 2.24) is 4.90 Å². The molecule has 1 heterocycles. The summed E-state index contributed by atoms with van der Waals surface area (Å²) >= 11 is 0. The smallest absolute Gasteiger partial charge is 0.322 e. The van der Waals surface area contributed by atoms with E-state index < -0.39 is 0 Å². The van der Waals surface area contributed by atoms with E-state index in [-0.39, 0.29) is 24.2 Å². The lowest BCUT2D eigenvalue weighted by Gasteiger charge is -2.28. The maximum absolute atomic E-state index is 12.8. The number of hydrogen-bond donors (Lipinski definition) is 1. The van der Waals surface area contributed by atoms with E-state index >= 15 is 0 Å². The van der Waals surface area contributed by atoms with Crippen molar-refractivity contribution in [1.29, 1.82) is 0 Å². The lowest BCUT2D eigenvalue weighted by atomic mass is 10.1. The van der Waals surface area contributed by atoms with E-state index in [0.29, 0.717) is 0 Å². The van der Waals surface area contributed by atoms with Crippen molar-refractivity contribution in [2.45, 2.75) is 44.9 Å². The Hall–Kier alpha value is -2.27. The highest BCUT2D eigenvalue weighted by Gasteiger charge is 2.37. The summed E-state index contributed by atoms with van der Waals surface area (Å²) in [6, 6.07) is 11.6. The summed E-state index contributed by atoms with van der Waals surface area (Å²) in [5.41, 5.74) is 1.81. The quantitative estimate of drug-likeness (QED) is 0.833. The van der Waals surface area contributed by atoms with Crippen LogP contribution in [0, 0.1) is 0 Å². The van der Waals surface area contributed by atoms with Crippen molar-refractivity contribution in [3.8, 4) is 0 Å². The van der Waals surface area contributed by atoms with Gasteiger partial charge in [-0.15, -0.1) is 0 Å². The Kier molecular flexibility index (Phi) is 4.90. The molecule has 3 rings (SSSR count). The molecule has 2 aromatic rings. The second-order valence-corrected chi connectivity index (χ2v) is 6.26. The van der Waals surface area contributed by atoms with Crippen LogP contribution in [0.5, 0.6) is 0 Å². The summed E-state index contributed by atoms with van der Waals surface area (Å²) in [4.78, 5) is 14.7. The third-order valence-corrected chi connectivity index (χ3v) is 4.51. The van der Waals surface area contributed by atoms with Gasteiger partial charge in [-0.2, -0.15) is 0 Å². The third-order valence-electron chi connectivity index (χ3n) is 4.51. The van der Waals surface area contributed by atoms with E-state index in [0.717, 1.165) is 29.9 Å². The van der Waals surface area contributed by atoms with Gasteiger partial charge in [-0.25, -0.2) is 4.79 Å². The predicted octanol–water partition coefficient (Wildman–Crippen LogP) is 4.74. The molecule has 1 aromatic heterocycles. The van der Waals surface area contributed by atoms with E-state index in [1.807, 2.05) is 55.1 Å². The van der Waals surface area contributed by atoms with Crippen LogP contribution in [0.2, 0.25) is 0 Å². The molecule has 1 saturated carbocycles. The molecule has 0 saturated heterocycles. The zero-order chi connectivity index (χ0) is 17.1. The third kappa shape index (κ3) is 3.62. The molecular weight excluding hydrogens is 304 g/mol. The average Bonchev–Trinajstić information content (AvgIpc) is 3.25. The molecule has 0 bridgehead atoms. The van der Waals surface area contributed by atoms with Gasteiger partial charge < -0.3 is 19.4 Å². The van der Waals surface area contributed by atoms with Gasteiger partial charge >= 0.3 is 6.03 Å². The van der Waals surface area contributed by atoms with E-state index in [1.54, 1.807) is 13.4 Å². The van der Waals surface area contributed by atoms with Gasteiger partial charge in [0.15, 0.2) is 0 Å². The normalized spacial score (nSPS) is 16.5. The highest BCUT2D eigenvalue weighted by molar-refractivity contribution is 5.90. The molecule has 1 fully saturated rings. The minimum atomic E-state index is -0.0939. The maximum atomic E-state index is 12.8. The first-order valence-electron chi connectivity index (χ1n) is 8.35. The summed E-state index contributed by atoms with van der Waals surface area (Å²) in [6.45, 7) is 3.98. The van der Waals surface area contributed by atoms with Gasteiger partial charge in [0.1, 0.15) is 5.76 Å². The largest absolute Gasteiger partial charge is 0.467 e. The van der Waals surface area contributed by atoms with Gasteiger partial charge in [-0.05, 0) is 56.5 Å². The number of urea groups is 1. The fraction of sp³-hybridized carbons (Fsp3) is 0.421. The van der Waals surface area contributed by atoms with Crippen LogP contribution >= 0.6 is 0 Å². The molecule has 5 heteroatoms. The number of furan rings is 1. The van der Waals surface area contributed by atoms with Crippen molar-refractivity contribution in [3.05, 3.63) is 54.0 Å². The predicted molar refractivity (Wildman–Crippen MR) is 92.9 cm³/mol. The Labute approximate surface area is 142 Å². The monoisotopic (exact) mass is 328 g/mol. The molecule has 24 heavy (non-hydrogen) atoms. The van der Waals surface area contributed by atoms with Gasteiger partial charge in [0, 0.05) is 18.8 Å². The summed E-state index contributed by atoms with van der Waals surface area (Å²) < 4.78 is 10.8. The van der Waals surface area contributed by atoms with Crippen LogP contribution < -0.4 is 5.32 Å². The SMILES string of the molecule is CO[C@@H](C)c1cccc(NC(=O)N(C2CC2)[C@@H](C)c2ccco2)c1. The number of nitrogens with zero attached hydrogens (tertiary/aromatic N) is 1. The molecule has 128 valence electrons. The molecule has 1 aliphatic rings. The molecule has 5 nitrogen and oxygen atoms in total. The maximum Gasteiger partial charge on any atom is 0.322 e. The zero-order valence-corrected chi connectivity index (χ0v) is 14.4. The molecule has 0 spiro atoms. The van der Waals surface area contributed by atoms with Gasteiger partial charge in [0.05, 0.1) is 18.4 Å². The first-order valence-corrected chi connectivity index (χ1v) is 8.35.